The SMILES string of the molecule is C[C@H](NC(=O)CSc1cnc2ccccc2n1)c1ccc2c(c1)CCCC2. The molecule has 1 aromatic heterocycles. The Morgan fingerprint density at radius 2 is 1.89 bits per heavy atom. The number of carbonyl (C=O) groups is 1. The highest BCUT2D eigenvalue weighted by Crippen LogP contribution is 2.25. The predicted molar refractivity (Wildman–Crippen MR) is 110 cm³/mol. The minimum Gasteiger partial charge on any atom is -0.349 e. The third-order valence-electron chi connectivity index (χ3n) is 5.03. The number of rotatable bonds is 5. The van der Waals surface area contributed by atoms with Gasteiger partial charge in [-0.1, -0.05) is 42.1 Å². The lowest BCUT2D eigenvalue weighted by molar-refractivity contribution is -0.119. The van der Waals surface area contributed by atoms with E-state index in [2.05, 4.69) is 33.5 Å². The minimum atomic E-state index is 0.00742. The van der Waals surface area contributed by atoms with Crippen LogP contribution >= 0.6 is 11.8 Å². The fraction of sp³-hybridized carbons (Fsp3) is 0.318. The van der Waals surface area contributed by atoms with Crippen LogP contribution in [0, 0.1) is 0 Å². The van der Waals surface area contributed by atoms with Crippen molar-refractivity contribution >= 4 is 28.7 Å². The van der Waals surface area contributed by atoms with Gasteiger partial charge in [-0.15, -0.1) is 0 Å². The number of hydrogen-bond donors (Lipinski definition) is 1. The Hall–Kier alpha value is -2.40. The van der Waals surface area contributed by atoms with Crippen molar-refractivity contribution in [3.05, 3.63) is 65.4 Å². The van der Waals surface area contributed by atoms with E-state index in [9.17, 15) is 4.79 Å². The zero-order valence-electron chi connectivity index (χ0n) is 15.4. The van der Waals surface area contributed by atoms with Gasteiger partial charge >= 0.3 is 0 Å². The van der Waals surface area contributed by atoms with Crippen LogP contribution in [0.4, 0.5) is 0 Å². The average Bonchev–Trinajstić information content (AvgIpc) is 2.71. The number of carbonyl (C=O) groups excluding carboxylic acids is 1. The number of nitrogens with zero attached hydrogens (tertiary/aromatic N) is 2. The molecule has 4 rings (SSSR count). The van der Waals surface area contributed by atoms with Crippen LogP contribution in [-0.4, -0.2) is 21.6 Å². The Balaban J connectivity index is 1.35. The largest absolute Gasteiger partial charge is 0.349 e. The predicted octanol–water partition coefficient (Wildman–Crippen LogP) is 4.48. The normalized spacial score (nSPS) is 14.6. The van der Waals surface area contributed by atoms with Gasteiger partial charge in [-0.2, -0.15) is 0 Å². The molecule has 1 atom stereocenters. The molecule has 0 saturated heterocycles. The highest BCUT2D eigenvalue weighted by molar-refractivity contribution is 7.99. The van der Waals surface area contributed by atoms with E-state index >= 15 is 0 Å². The molecule has 138 valence electrons. The highest BCUT2D eigenvalue weighted by atomic mass is 32.2. The quantitative estimate of drug-likeness (QED) is 0.666. The molecular weight excluding hydrogens is 354 g/mol. The monoisotopic (exact) mass is 377 g/mol. The van der Waals surface area contributed by atoms with Gasteiger partial charge in [0.1, 0.15) is 5.03 Å². The topological polar surface area (TPSA) is 54.9 Å². The third kappa shape index (κ3) is 4.30. The van der Waals surface area contributed by atoms with Crippen molar-refractivity contribution in [2.24, 2.45) is 0 Å². The molecule has 0 radical (unpaired) electrons. The maximum Gasteiger partial charge on any atom is 0.230 e. The Labute approximate surface area is 163 Å². The molecule has 27 heavy (non-hydrogen) atoms. The molecule has 3 aromatic rings. The summed E-state index contributed by atoms with van der Waals surface area (Å²) in [5.41, 5.74) is 5.81. The van der Waals surface area contributed by atoms with Crippen LogP contribution in [0.5, 0.6) is 0 Å². The van der Waals surface area contributed by atoms with E-state index in [4.69, 9.17) is 0 Å². The van der Waals surface area contributed by atoms with E-state index in [0.717, 1.165) is 22.5 Å². The van der Waals surface area contributed by atoms with E-state index < -0.39 is 0 Å². The molecule has 0 bridgehead atoms. The summed E-state index contributed by atoms with van der Waals surface area (Å²) in [7, 11) is 0. The maximum absolute atomic E-state index is 12.4. The average molecular weight is 378 g/mol. The lowest BCUT2D eigenvalue weighted by atomic mass is 9.89. The van der Waals surface area contributed by atoms with Gasteiger partial charge in [-0.05, 0) is 61.4 Å². The number of fused-ring (bicyclic) bond motifs is 2. The lowest BCUT2D eigenvalue weighted by Crippen LogP contribution is -2.28. The fourth-order valence-electron chi connectivity index (χ4n) is 3.54. The smallest absolute Gasteiger partial charge is 0.230 e. The molecule has 1 heterocycles. The molecule has 2 aromatic carbocycles. The summed E-state index contributed by atoms with van der Waals surface area (Å²) in [6.07, 6.45) is 6.61. The van der Waals surface area contributed by atoms with Crippen molar-refractivity contribution in [2.45, 2.75) is 43.7 Å². The second kappa shape index (κ2) is 8.09. The first-order valence-electron chi connectivity index (χ1n) is 9.45. The van der Waals surface area contributed by atoms with E-state index in [0.29, 0.717) is 5.75 Å². The van der Waals surface area contributed by atoms with Gasteiger partial charge in [0.2, 0.25) is 5.91 Å². The van der Waals surface area contributed by atoms with Crippen molar-refractivity contribution in [1.29, 1.82) is 0 Å². The number of benzene rings is 2. The first-order chi connectivity index (χ1) is 13.2. The van der Waals surface area contributed by atoms with E-state index in [1.165, 1.54) is 47.7 Å². The van der Waals surface area contributed by atoms with Gasteiger partial charge in [0, 0.05) is 0 Å². The molecule has 0 saturated carbocycles. The lowest BCUT2D eigenvalue weighted by Gasteiger charge is -2.20. The number of thioether (sulfide) groups is 1. The zero-order chi connectivity index (χ0) is 18.6. The second-order valence-corrected chi connectivity index (χ2v) is 8.01. The molecule has 0 aliphatic heterocycles. The summed E-state index contributed by atoms with van der Waals surface area (Å²) >= 11 is 1.42. The Kier molecular flexibility index (Phi) is 5.39. The van der Waals surface area contributed by atoms with Gasteiger partial charge in [-0.25, -0.2) is 4.98 Å². The van der Waals surface area contributed by atoms with Crippen molar-refractivity contribution in [2.75, 3.05) is 5.75 Å². The van der Waals surface area contributed by atoms with Gasteiger partial charge in [0.15, 0.2) is 0 Å². The highest BCUT2D eigenvalue weighted by Gasteiger charge is 2.14. The van der Waals surface area contributed by atoms with Crippen LogP contribution < -0.4 is 5.32 Å². The number of hydrogen-bond acceptors (Lipinski definition) is 4. The first kappa shape index (κ1) is 18.0. The molecule has 4 nitrogen and oxygen atoms in total. The van der Waals surface area contributed by atoms with Crippen molar-refractivity contribution < 1.29 is 4.79 Å². The zero-order valence-corrected chi connectivity index (χ0v) is 16.3. The summed E-state index contributed by atoms with van der Waals surface area (Å²) in [4.78, 5) is 21.3. The number of para-hydroxylation sites is 2. The van der Waals surface area contributed by atoms with Gasteiger partial charge in [0.05, 0.1) is 29.0 Å². The van der Waals surface area contributed by atoms with Crippen molar-refractivity contribution in [1.82, 2.24) is 15.3 Å². The number of amides is 1. The van der Waals surface area contributed by atoms with Gasteiger partial charge in [-0.3, -0.25) is 9.78 Å². The van der Waals surface area contributed by atoms with Gasteiger partial charge < -0.3 is 5.32 Å². The molecule has 1 aliphatic rings. The van der Waals surface area contributed by atoms with Crippen LogP contribution in [0.25, 0.3) is 11.0 Å². The number of aryl methyl sites for hydroxylation is 2. The van der Waals surface area contributed by atoms with Crippen molar-refractivity contribution in [3.63, 3.8) is 0 Å². The fourth-order valence-corrected chi connectivity index (χ4v) is 4.19. The van der Waals surface area contributed by atoms with Crippen LogP contribution in [0.3, 0.4) is 0 Å². The molecule has 1 aliphatic carbocycles. The first-order valence-corrected chi connectivity index (χ1v) is 10.4. The van der Waals surface area contributed by atoms with Crippen molar-refractivity contribution in [3.8, 4) is 0 Å². The standard InChI is InChI=1S/C22H23N3OS/c1-15(17-11-10-16-6-2-3-7-18(16)12-17)24-21(26)14-27-22-13-23-19-8-4-5-9-20(19)25-22/h4-5,8-13,15H,2-3,6-7,14H2,1H3,(H,24,26)/t15-/m0/s1. The molecule has 1 amide bonds. The molecule has 0 fully saturated rings. The summed E-state index contributed by atoms with van der Waals surface area (Å²) in [5.74, 6) is 0.350. The molecule has 5 heteroatoms. The van der Waals surface area contributed by atoms with Crippen LogP contribution in [0.1, 0.15) is 42.5 Å². The van der Waals surface area contributed by atoms with E-state index in [1.54, 1.807) is 6.20 Å². The Bertz CT molecular complexity index is 973. The number of aromatic nitrogens is 2. The Morgan fingerprint density at radius 1 is 1.11 bits per heavy atom. The summed E-state index contributed by atoms with van der Waals surface area (Å²) in [5, 5.41) is 3.87. The van der Waals surface area contributed by atoms with Crippen LogP contribution in [0.2, 0.25) is 0 Å². The molecule has 1 N–H and O–H groups in total. The molecule has 0 spiro atoms. The van der Waals surface area contributed by atoms with E-state index in [1.807, 2.05) is 31.2 Å². The maximum atomic E-state index is 12.4. The van der Waals surface area contributed by atoms with Crippen LogP contribution in [-0.2, 0) is 17.6 Å². The summed E-state index contributed by atoms with van der Waals surface area (Å²) in [6.45, 7) is 2.04. The number of nitrogens with one attached hydrogen (secondary N) is 1. The summed E-state index contributed by atoms with van der Waals surface area (Å²) in [6, 6.07) is 14.4. The summed E-state index contributed by atoms with van der Waals surface area (Å²) < 4.78 is 0. The van der Waals surface area contributed by atoms with Crippen LogP contribution in [0.15, 0.2) is 53.7 Å². The third-order valence-corrected chi connectivity index (χ3v) is 5.93. The molecule has 0 unspecified atom stereocenters. The minimum absolute atomic E-state index is 0.00742. The molecular formula is C22H23N3OS. The van der Waals surface area contributed by atoms with Gasteiger partial charge in [0.25, 0.3) is 0 Å². The Morgan fingerprint density at radius 3 is 2.74 bits per heavy atom. The second-order valence-electron chi connectivity index (χ2n) is 7.01. The van der Waals surface area contributed by atoms with E-state index in [-0.39, 0.29) is 11.9 Å².